The Labute approximate surface area is 104 Å². The smallest absolute Gasteiger partial charge is 0.265 e. The Morgan fingerprint density at radius 2 is 2.29 bits per heavy atom. The number of aliphatic hydroxyl groups is 2. The van der Waals surface area contributed by atoms with Crippen molar-refractivity contribution < 1.29 is 15.0 Å². The molecule has 1 aromatic rings. The molecule has 6 heteroatoms. The summed E-state index contributed by atoms with van der Waals surface area (Å²) in [5.74, 6) is 5.85. The Kier molecular flexibility index (Phi) is 5.99. The third kappa shape index (κ3) is 4.74. The number of carbonyl (C=O) groups excluding carboxylic acids is 1. The molecule has 5 nitrogen and oxygen atoms in total. The van der Waals surface area contributed by atoms with Crippen LogP contribution < -0.4 is 11.3 Å². The van der Waals surface area contributed by atoms with Gasteiger partial charge in [-0.25, -0.2) is 5.84 Å². The first kappa shape index (κ1) is 14.0. The molecule has 0 bridgehead atoms. The van der Waals surface area contributed by atoms with E-state index in [-0.39, 0.29) is 12.5 Å². The Balaban J connectivity index is 2.51. The summed E-state index contributed by atoms with van der Waals surface area (Å²) in [5.41, 5.74) is 3.55. The largest absolute Gasteiger partial charge is 0.394 e. The predicted molar refractivity (Wildman–Crippen MR) is 67.4 cm³/mol. The Hall–Kier alpha value is -1.08. The van der Waals surface area contributed by atoms with Crippen molar-refractivity contribution >= 4 is 17.7 Å². The maximum absolute atomic E-state index is 11.3. The van der Waals surface area contributed by atoms with Gasteiger partial charge in [-0.1, -0.05) is 12.1 Å². The summed E-state index contributed by atoms with van der Waals surface area (Å²) in [6.07, 6.45) is -0.699. The zero-order chi connectivity index (χ0) is 12.7. The first-order valence-electron chi connectivity index (χ1n) is 5.14. The van der Waals surface area contributed by atoms with Crippen LogP contribution >= 0.6 is 11.8 Å². The number of carbonyl (C=O) groups is 1. The summed E-state index contributed by atoms with van der Waals surface area (Å²) in [6.45, 7) is -0.234. The molecule has 1 aromatic carbocycles. The quantitative estimate of drug-likeness (QED) is 0.323. The van der Waals surface area contributed by atoms with Crippen molar-refractivity contribution in [2.24, 2.45) is 5.84 Å². The lowest BCUT2D eigenvalue weighted by molar-refractivity contribution is 0.0953. The van der Waals surface area contributed by atoms with Crippen molar-refractivity contribution in [2.75, 3.05) is 12.4 Å². The molecule has 0 aromatic heterocycles. The van der Waals surface area contributed by atoms with Crippen molar-refractivity contribution in [1.29, 1.82) is 0 Å². The van der Waals surface area contributed by atoms with Gasteiger partial charge in [-0.05, 0) is 17.7 Å². The molecule has 0 saturated carbocycles. The maximum Gasteiger partial charge on any atom is 0.265 e. The van der Waals surface area contributed by atoms with Gasteiger partial charge in [0.1, 0.15) is 0 Å². The summed E-state index contributed by atoms with van der Waals surface area (Å²) in [4.78, 5) is 11.3. The number of nitrogens with one attached hydrogen (secondary N) is 1. The lowest BCUT2D eigenvalue weighted by Crippen LogP contribution is -2.29. The van der Waals surface area contributed by atoms with Gasteiger partial charge in [-0.2, -0.15) is 11.8 Å². The molecular formula is C11H16N2O3S. The molecule has 0 spiro atoms. The molecule has 94 valence electrons. The number of hydrogen-bond donors (Lipinski definition) is 4. The number of rotatable bonds is 6. The third-order valence-corrected chi connectivity index (χ3v) is 3.27. The van der Waals surface area contributed by atoms with Gasteiger partial charge in [0.25, 0.3) is 5.91 Å². The van der Waals surface area contributed by atoms with E-state index in [9.17, 15) is 4.79 Å². The summed E-state index contributed by atoms with van der Waals surface area (Å²) in [7, 11) is 0. The van der Waals surface area contributed by atoms with Gasteiger partial charge in [0.2, 0.25) is 0 Å². The minimum absolute atomic E-state index is 0.234. The van der Waals surface area contributed by atoms with E-state index in [1.54, 1.807) is 18.2 Å². The zero-order valence-corrected chi connectivity index (χ0v) is 10.1. The second kappa shape index (κ2) is 7.29. The Bertz CT molecular complexity index is 373. The summed E-state index contributed by atoms with van der Waals surface area (Å²) >= 11 is 1.49. The number of thioether (sulfide) groups is 1. The van der Waals surface area contributed by atoms with Gasteiger partial charge < -0.3 is 10.2 Å². The lowest BCUT2D eigenvalue weighted by atomic mass is 10.1. The highest BCUT2D eigenvalue weighted by atomic mass is 32.2. The second-order valence-electron chi connectivity index (χ2n) is 3.53. The van der Waals surface area contributed by atoms with Gasteiger partial charge in [0, 0.05) is 17.1 Å². The normalized spacial score (nSPS) is 12.2. The van der Waals surface area contributed by atoms with Crippen LogP contribution in [-0.2, 0) is 5.75 Å². The van der Waals surface area contributed by atoms with Crippen LogP contribution in [0.25, 0.3) is 0 Å². The van der Waals surface area contributed by atoms with E-state index in [2.05, 4.69) is 5.43 Å². The number of nitrogen functional groups attached to an aromatic ring is 1. The predicted octanol–water partition coefficient (Wildman–Crippen LogP) is -0.124. The molecule has 1 amide bonds. The van der Waals surface area contributed by atoms with Crippen molar-refractivity contribution in [3.8, 4) is 0 Å². The number of hydrogen-bond acceptors (Lipinski definition) is 5. The van der Waals surface area contributed by atoms with Gasteiger partial charge >= 0.3 is 0 Å². The minimum Gasteiger partial charge on any atom is -0.394 e. The van der Waals surface area contributed by atoms with Gasteiger partial charge in [-0.15, -0.1) is 0 Å². The molecule has 17 heavy (non-hydrogen) atoms. The van der Waals surface area contributed by atoms with Gasteiger partial charge in [0.05, 0.1) is 12.7 Å². The summed E-state index contributed by atoms with van der Waals surface area (Å²) in [5, 5.41) is 17.8. The van der Waals surface area contributed by atoms with Crippen LogP contribution in [0.2, 0.25) is 0 Å². The zero-order valence-electron chi connectivity index (χ0n) is 9.30. The average Bonchev–Trinajstić information content (AvgIpc) is 2.38. The molecular weight excluding hydrogens is 240 g/mol. The molecule has 5 N–H and O–H groups in total. The van der Waals surface area contributed by atoms with Crippen LogP contribution in [0.3, 0.4) is 0 Å². The molecule has 0 aliphatic carbocycles. The molecule has 0 heterocycles. The van der Waals surface area contributed by atoms with Gasteiger partial charge in [0.15, 0.2) is 0 Å². The van der Waals surface area contributed by atoms with E-state index in [0.717, 1.165) is 5.56 Å². The highest BCUT2D eigenvalue weighted by molar-refractivity contribution is 7.98. The number of hydrazine groups is 1. The van der Waals surface area contributed by atoms with E-state index in [1.165, 1.54) is 11.8 Å². The number of benzene rings is 1. The topological polar surface area (TPSA) is 95.6 Å². The van der Waals surface area contributed by atoms with Crippen molar-refractivity contribution in [3.63, 3.8) is 0 Å². The average molecular weight is 256 g/mol. The minimum atomic E-state index is -0.699. The summed E-state index contributed by atoms with van der Waals surface area (Å²) < 4.78 is 0. The van der Waals surface area contributed by atoms with Crippen LogP contribution in [-0.4, -0.2) is 34.6 Å². The number of amides is 1. The van der Waals surface area contributed by atoms with E-state index >= 15 is 0 Å². The van der Waals surface area contributed by atoms with E-state index in [4.69, 9.17) is 16.1 Å². The van der Waals surface area contributed by atoms with E-state index in [0.29, 0.717) is 17.1 Å². The van der Waals surface area contributed by atoms with Crippen molar-refractivity contribution in [1.82, 2.24) is 5.43 Å². The number of nitrogens with two attached hydrogens (primary N) is 1. The fraction of sp³-hybridized carbons (Fsp3) is 0.364. The summed E-state index contributed by atoms with van der Waals surface area (Å²) in [6, 6.07) is 7.11. The second-order valence-corrected chi connectivity index (χ2v) is 4.56. The van der Waals surface area contributed by atoms with Crippen LogP contribution in [0.15, 0.2) is 24.3 Å². The highest BCUT2D eigenvalue weighted by Crippen LogP contribution is 2.14. The molecule has 1 unspecified atom stereocenters. The highest BCUT2D eigenvalue weighted by Gasteiger charge is 2.05. The lowest BCUT2D eigenvalue weighted by Gasteiger charge is -2.07. The monoisotopic (exact) mass is 256 g/mol. The Morgan fingerprint density at radius 3 is 2.94 bits per heavy atom. The van der Waals surface area contributed by atoms with Crippen LogP contribution in [0.5, 0.6) is 0 Å². The first-order valence-corrected chi connectivity index (χ1v) is 6.29. The fourth-order valence-electron chi connectivity index (χ4n) is 1.25. The standard InChI is InChI=1S/C11H16N2O3S/c12-13-11(16)9-3-1-2-8(4-9)6-17-7-10(15)5-14/h1-4,10,14-15H,5-7,12H2,(H,13,16). The molecule has 1 atom stereocenters. The molecule has 0 aliphatic heterocycles. The van der Waals surface area contributed by atoms with Gasteiger partial charge in [-0.3, -0.25) is 10.2 Å². The van der Waals surface area contributed by atoms with E-state index < -0.39 is 6.10 Å². The van der Waals surface area contributed by atoms with Crippen LogP contribution in [0.1, 0.15) is 15.9 Å². The van der Waals surface area contributed by atoms with Crippen molar-refractivity contribution in [2.45, 2.75) is 11.9 Å². The molecule has 0 radical (unpaired) electrons. The van der Waals surface area contributed by atoms with Crippen molar-refractivity contribution in [3.05, 3.63) is 35.4 Å². The third-order valence-electron chi connectivity index (χ3n) is 2.11. The first-order chi connectivity index (χ1) is 8.17. The Morgan fingerprint density at radius 1 is 1.53 bits per heavy atom. The molecule has 1 rings (SSSR count). The molecule has 0 fully saturated rings. The van der Waals surface area contributed by atoms with E-state index in [1.807, 2.05) is 6.07 Å². The fourth-order valence-corrected chi connectivity index (χ4v) is 2.16. The molecule has 0 saturated heterocycles. The molecule has 0 aliphatic rings. The van der Waals surface area contributed by atoms with Crippen LogP contribution in [0.4, 0.5) is 0 Å². The maximum atomic E-state index is 11.3. The number of aliphatic hydroxyl groups excluding tert-OH is 2. The van der Waals surface area contributed by atoms with Crippen LogP contribution in [0, 0.1) is 0 Å². The SMILES string of the molecule is NNC(=O)c1cccc(CSCC(O)CO)c1.